The second-order valence-corrected chi connectivity index (χ2v) is 3.58. The highest BCUT2D eigenvalue weighted by Gasteiger charge is 2.03. The minimum atomic E-state index is -0.500. The standard InChI is InChI=1S/C14H14O/c1-2-5-14(15)13-9-8-11-6-3-4-7-12(11)10-13/h2-10,14-15H,1H3. The summed E-state index contributed by atoms with van der Waals surface area (Å²) in [4.78, 5) is 0. The number of allylic oxidation sites excluding steroid dienone is 1. The molecule has 1 N–H and O–H groups in total. The van der Waals surface area contributed by atoms with E-state index in [1.807, 2.05) is 43.3 Å². The minimum Gasteiger partial charge on any atom is -0.384 e. The monoisotopic (exact) mass is 198 g/mol. The predicted molar refractivity (Wildman–Crippen MR) is 63.7 cm³/mol. The molecule has 76 valence electrons. The van der Waals surface area contributed by atoms with Crippen LogP contribution in [0.2, 0.25) is 0 Å². The average molecular weight is 198 g/mol. The lowest BCUT2D eigenvalue weighted by atomic mass is 10.0. The maximum Gasteiger partial charge on any atom is 0.0971 e. The van der Waals surface area contributed by atoms with Crippen molar-refractivity contribution in [3.05, 3.63) is 60.2 Å². The van der Waals surface area contributed by atoms with E-state index in [2.05, 4.69) is 12.1 Å². The van der Waals surface area contributed by atoms with Gasteiger partial charge in [-0.05, 0) is 29.3 Å². The topological polar surface area (TPSA) is 20.2 Å². The Labute approximate surface area is 89.7 Å². The summed E-state index contributed by atoms with van der Waals surface area (Å²) in [7, 11) is 0. The van der Waals surface area contributed by atoms with Crippen LogP contribution in [0.4, 0.5) is 0 Å². The minimum absolute atomic E-state index is 0.500. The van der Waals surface area contributed by atoms with Gasteiger partial charge in [-0.2, -0.15) is 0 Å². The zero-order chi connectivity index (χ0) is 10.7. The maximum absolute atomic E-state index is 9.79. The van der Waals surface area contributed by atoms with Crippen molar-refractivity contribution in [3.8, 4) is 0 Å². The van der Waals surface area contributed by atoms with Crippen LogP contribution < -0.4 is 0 Å². The number of hydrogen-bond acceptors (Lipinski definition) is 1. The highest BCUT2D eigenvalue weighted by molar-refractivity contribution is 5.83. The first-order chi connectivity index (χ1) is 7.31. The summed E-state index contributed by atoms with van der Waals surface area (Å²) in [5.74, 6) is 0. The van der Waals surface area contributed by atoms with Crippen LogP contribution in [0.25, 0.3) is 10.8 Å². The molecule has 1 heteroatoms. The van der Waals surface area contributed by atoms with E-state index in [-0.39, 0.29) is 0 Å². The summed E-state index contributed by atoms with van der Waals surface area (Å²) < 4.78 is 0. The SMILES string of the molecule is CC=CC(O)c1ccc2ccccc2c1. The largest absolute Gasteiger partial charge is 0.384 e. The molecule has 0 heterocycles. The molecule has 0 bridgehead atoms. The van der Waals surface area contributed by atoms with E-state index in [0.29, 0.717) is 0 Å². The van der Waals surface area contributed by atoms with Crippen LogP contribution in [0.15, 0.2) is 54.6 Å². The summed E-state index contributed by atoms with van der Waals surface area (Å²) in [6, 6.07) is 14.2. The zero-order valence-electron chi connectivity index (χ0n) is 8.72. The van der Waals surface area contributed by atoms with E-state index in [9.17, 15) is 5.11 Å². The van der Waals surface area contributed by atoms with Gasteiger partial charge in [-0.15, -0.1) is 0 Å². The van der Waals surface area contributed by atoms with Crippen LogP contribution in [0.3, 0.4) is 0 Å². The van der Waals surface area contributed by atoms with Crippen LogP contribution in [0.1, 0.15) is 18.6 Å². The Morgan fingerprint density at radius 3 is 2.53 bits per heavy atom. The Morgan fingerprint density at radius 1 is 1.07 bits per heavy atom. The van der Waals surface area contributed by atoms with Crippen LogP contribution in [0, 0.1) is 0 Å². The van der Waals surface area contributed by atoms with E-state index < -0.39 is 6.10 Å². The van der Waals surface area contributed by atoms with Crippen LogP contribution in [-0.2, 0) is 0 Å². The first-order valence-corrected chi connectivity index (χ1v) is 5.11. The molecule has 0 aromatic heterocycles. The van der Waals surface area contributed by atoms with Crippen LogP contribution >= 0.6 is 0 Å². The molecule has 0 aliphatic heterocycles. The van der Waals surface area contributed by atoms with Gasteiger partial charge in [-0.3, -0.25) is 0 Å². The van der Waals surface area contributed by atoms with Gasteiger partial charge >= 0.3 is 0 Å². The highest BCUT2D eigenvalue weighted by atomic mass is 16.3. The second-order valence-electron chi connectivity index (χ2n) is 3.58. The van der Waals surface area contributed by atoms with Gasteiger partial charge in [0.05, 0.1) is 6.10 Å². The first-order valence-electron chi connectivity index (χ1n) is 5.11. The van der Waals surface area contributed by atoms with Crippen LogP contribution in [-0.4, -0.2) is 5.11 Å². The number of benzene rings is 2. The van der Waals surface area contributed by atoms with Crippen molar-refractivity contribution in [2.24, 2.45) is 0 Å². The fourth-order valence-corrected chi connectivity index (χ4v) is 1.69. The molecule has 0 fully saturated rings. The summed E-state index contributed by atoms with van der Waals surface area (Å²) in [5, 5.41) is 12.2. The predicted octanol–water partition coefficient (Wildman–Crippen LogP) is 3.45. The molecular formula is C14H14O. The molecule has 2 aromatic carbocycles. The van der Waals surface area contributed by atoms with Gasteiger partial charge in [-0.25, -0.2) is 0 Å². The van der Waals surface area contributed by atoms with Gasteiger partial charge in [-0.1, -0.05) is 48.6 Å². The van der Waals surface area contributed by atoms with Crippen LogP contribution in [0.5, 0.6) is 0 Å². The van der Waals surface area contributed by atoms with Crippen molar-refractivity contribution in [2.75, 3.05) is 0 Å². The molecule has 2 aromatic rings. The number of aliphatic hydroxyl groups is 1. The van der Waals surface area contributed by atoms with E-state index in [4.69, 9.17) is 0 Å². The molecule has 1 atom stereocenters. The third-order valence-electron chi connectivity index (χ3n) is 2.49. The van der Waals surface area contributed by atoms with Crippen molar-refractivity contribution in [2.45, 2.75) is 13.0 Å². The Balaban J connectivity index is 2.46. The lowest BCUT2D eigenvalue weighted by Crippen LogP contribution is -1.92. The van der Waals surface area contributed by atoms with Gasteiger partial charge in [0, 0.05) is 0 Å². The number of aliphatic hydroxyl groups excluding tert-OH is 1. The molecule has 0 saturated carbocycles. The fourth-order valence-electron chi connectivity index (χ4n) is 1.69. The Kier molecular flexibility index (Phi) is 2.84. The second kappa shape index (κ2) is 4.28. The number of rotatable bonds is 2. The molecule has 0 aliphatic rings. The van der Waals surface area contributed by atoms with Gasteiger partial charge in [0.25, 0.3) is 0 Å². The van der Waals surface area contributed by atoms with Crippen molar-refractivity contribution >= 4 is 10.8 Å². The molecular weight excluding hydrogens is 184 g/mol. The van der Waals surface area contributed by atoms with Crippen molar-refractivity contribution in [1.29, 1.82) is 0 Å². The quantitative estimate of drug-likeness (QED) is 0.733. The zero-order valence-corrected chi connectivity index (χ0v) is 8.72. The molecule has 2 rings (SSSR count). The van der Waals surface area contributed by atoms with E-state index in [0.717, 1.165) is 5.56 Å². The van der Waals surface area contributed by atoms with Gasteiger partial charge in [0.15, 0.2) is 0 Å². The fraction of sp³-hybridized carbons (Fsp3) is 0.143. The molecule has 0 spiro atoms. The average Bonchev–Trinajstić information content (AvgIpc) is 2.29. The van der Waals surface area contributed by atoms with Gasteiger partial charge in [0.2, 0.25) is 0 Å². The summed E-state index contributed by atoms with van der Waals surface area (Å²) in [6.07, 6.45) is 3.14. The molecule has 0 aliphatic carbocycles. The lowest BCUT2D eigenvalue weighted by molar-refractivity contribution is 0.228. The van der Waals surface area contributed by atoms with Gasteiger partial charge in [0.1, 0.15) is 0 Å². The van der Waals surface area contributed by atoms with Crippen molar-refractivity contribution in [3.63, 3.8) is 0 Å². The Hall–Kier alpha value is -1.60. The third-order valence-corrected chi connectivity index (χ3v) is 2.49. The molecule has 0 radical (unpaired) electrons. The van der Waals surface area contributed by atoms with Crippen molar-refractivity contribution < 1.29 is 5.11 Å². The maximum atomic E-state index is 9.79. The lowest BCUT2D eigenvalue weighted by Gasteiger charge is -2.07. The third kappa shape index (κ3) is 2.08. The summed E-state index contributed by atoms with van der Waals surface area (Å²) >= 11 is 0. The van der Waals surface area contributed by atoms with Gasteiger partial charge < -0.3 is 5.11 Å². The molecule has 1 nitrogen and oxygen atoms in total. The van der Waals surface area contributed by atoms with Crippen molar-refractivity contribution in [1.82, 2.24) is 0 Å². The number of fused-ring (bicyclic) bond motifs is 1. The molecule has 15 heavy (non-hydrogen) atoms. The van der Waals surface area contributed by atoms with E-state index in [1.165, 1.54) is 10.8 Å². The Morgan fingerprint density at radius 2 is 1.80 bits per heavy atom. The highest BCUT2D eigenvalue weighted by Crippen LogP contribution is 2.20. The number of hydrogen-bond donors (Lipinski definition) is 1. The Bertz CT molecular complexity index is 485. The normalized spacial score (nSPS) is 13.5. The smallest absolute Gasteiger partial charge is 0.0971 e. The molecule has 1 unspecified atom stereocenters. The summed E-state index contributed by atoms with van der Waals surface area (Å²) in [6.45, 7) is 1.91. The molecule has 0 saturated heterocycles. The first kappa shape index (κ1) is 9.94. The molecule has 0 amide bonds. The van der Waals surface area contributed by atoms with E-state index >= 15 is 0 Å². The van der Waals surface area contributed by atoms with E-state index in [1.54, 1.807) is 6.08 Å². The summed E-state index contributed by atoms with van der Waals surface area (Å²) in [5.41, 5.74) is 0.937.